The van der Waals surface area contributed by atoms with Crippen molar-refractivity contribution in [2.45, 2.75) is 32.6 Å². The third kappa shape index (κ3) is 4.24. The van der Waals surface area contributed by atoms with Crippen LogP contribution >= 0.6 is 15.9 Å². The zero-order valence-electron chi connectivity index (χ0n) is 13.9. The maximum atomic E-state index is 8.49. The molecule has 6 nitrogen and oxygen atoms in total. The lowest BCUT2D eigenvalue weighted by Gasteiger charge is -2.25. The Labute approximate surface area is 156 Å². The minimum absolute atomic E-state index is 0.735. The van der Waals surface area contributed by atoms with Gasteiger partial charge in [-0.3, -0.25) is 0 Å². The molecule has 1 N–H and O–H groups in total. The van der Waals surface area contributed by atoms with Crippen molar-refractivity contribution in [3.05, 3.63) is 33.9 Å². The standard InChI is InChI=1S/C17H19BrN2.ClHO4/c1-2-11-4-3-8-20-9-7-13-14-10-12(18)5-6-15(14)19-16(13)17(11)20;2-1(3,4)5/h5-6,10-11H,2-4,7-9H2,1H3;(H,2,3,4,5). The Balaban J connectivity index is 0.000000324. The summed E-state index contributed by atoms with van der Waals surface area (Å²) in [4.78, 5) is 3.71. The minimum Gasteiger partial charge on any atom is -0.350 e. The fraction of sp³-hybridized carbons (Fsp3) is 0.471. The SMILES string of the molecule is CCC1CCC[N+]2=C1c1[nH]c3ccc(Br)cc3c1CC2.[O-][Cl+3]([O-])([O-])[O-]. The van der Waals surface area contributed by atoms with Gasteiger partial charge in [-0.25, -0.2) is 23.2 Å². The molecule has 0 bridgehead atoms. The zero-order chi connectivity index (χ0) is 18.2. The minimum atomic E-state index is -4.94. The number of benzene rings is 1. The van der Waals surface area contributed by atoms with Gasteiger partial charge in [-0.2, -0.15) is 0 Å². The van der Waals surface area contributed by atoms with Gasteiger partial charge in [0.2, 0.25) is 5.71 Å². The summed E-state index contributed by atoms with van der Waals surface area (Å²) in [5.74, 6) is 0.735. The second-order valence-electron chi connectivity index (χ2n) is 6.42. The summed E-state index contributed by atoms with van der Waals surface area (Å²) in [6.07, 6.45) is 5.13. The normalized spacial score (nSPS) is 20.0. The molecule has 1 unspecified atom stereocenters. The third-order valence-corrected chi connectivity index (χ3v) is 5.45. The maximum Gasteiger partial charge on any atom is 0.203 e. The zero-order valence-corrected chi connectivity index (χ0v) is 16.2. The second-order valence-corrected chi connectivity index (χ2v) is 8.09. The number of hydrogen-bond acceptors (Lipinski definition) is 4. The Morgan fingerprint density at radius 1 is 1.24 bits per heavy atom. The topological polar surface area (TPSA) is 111 Å². The van der Waals surface area contributed by atoms with Crippen LogP contribution in [-0.2, 0) is 6.42 Å². The van der Waals surface area contributed by atoms with Crippen molar-refractivity contribution < 1.29 is 33.5 Å². The monoisotopic (exact) mass is 430 g/mol. The van der Waals surface area contributed by atoms with E-state index in [1.54, 1.807) is 5.71 Å². The van der Waals surface area contributed by atoms with Gasteiger partial charge in [0, 0.05) is 34.1 Å². The van der Waals surface area contributed by atoms with Gasteiger partial charge < -0.3 is 4.98 Å². The number of nitrogens with zero attached hydrogens (tertiary/aromatic N) is 1. The van der Waals surface area contributed by atoms with Crippen LogP contribution in [0.3, 0.4) is 0 Å². The molecule has 1 atom stereocenters. The molecule has 0 saturated carbocycles. The van der Waals surface area contributed by atoms with Gasteiger partial charge in [0.05, 0.1) is 0 Å². The lowest BCUT2D eigenvalue weighted by molar-refractivity contribution is -2.00. The van der Waals surface area contributed by atoms with Gasteiger partial charge in [-0.05, 0) is 36.6 Å². The first-order chi connectivity index (χ1) is 11.8. The van der Waals surface area contributed by atoms with E-state index in [1.807, 2.05) is 0 Å². The Morgan fingerprint density at radius 3 is 2.64 bits per heavy atom. The van der Waals surface area contributed by atoms with Gasteiger partial charge in [0.25, 0.3) is 0 Å². The molecular weight excluding hydrogens is 412 g/mol. The largest absolute Gasteiger partial charge is 0.350 e. The summed E-state index contributed by atoms with van der Waals surface area (Å²) in [7, 11) is -4.94. The van der Waals surface area contributed by atoms with Crippen molar-refractivity contribution in [1.29, 1.82) is 0 Å². The lowest BCUT2D eigenvalue weighted by atomic mass is 9.85. The predicted molar refractivity (Wildman–Crippen MR) is 86.8 cm³/mol. The molecule has 0 amide bonds. The van der Waals surface area contributed by atoms with Crippen LogP contribution in [0.15, 0.2) is 22.7 Å². The van der Waals surface area contributed by atoms with Crippen molar-refractivity contribution in [1.82, 2.24) is 4.98 Å². The van der Waals surface area contributed by atoms with Gasteiger partial charge >= 0.3 is 0 Å². The van der Waals surface area contributed by atoms with Gasteiger partial charge in [-0.1, -0.05) is 22.9 Å². The van der Waals surface area contributed by atoms with E-state index in [0.29, 0.717) is 0 Å². The number of H-pyrrole nitrogens is 1. The van der Waals surface area contributed by atoms with E-state index < -0.39 is 10.2 Å². The van der Waals surface area contributed by atoms with Gasteiger partial charge in [0.1, 0.15) is 18.8 Å². The van der Waals surface area contributed by atoms with E-state index >= 15 is 0 Å². The Morgan fingerprint density at radius 2 is 1.96 bits per heavy atom. The quantitative estimate of drug-likeness (QED) is 0.605. The van der Waals surface area contributed by atoms with Crippen molar-refractivity contribution >= 4 is 32.5 Å². The van der Waals surface area contributed by atoms with Crippen molar-refractivity contribution in [2.24, 2.45) is 5.92 Å². The summed E-state index contributed by atoms with van der Waals surface area (Å²) in [5.41, 5.74) is 5.84. The molecule has 0 radical (unpaired) electrons. The summed E-state index contributed by atoms with van der Waals surface area (Å²) < 4.78 is 37.8. The number of aromatic amines is 1. The van der Waals surface area contributed by atoms with Crippen molar-refractivity contribution in [3.8, 4) is 0 Å². The van der Waals surface area contributed by atoms with E-state index in [0.717, 1.165) is 5.92 Å². The first-order valence-electron chi connectivity index (χ1n) is 8.32. The van der Waals surface area contributed by atoms with Crippen LogP contribution in [0.1, 0.15) is 37.4 Å². The van der Waals surface area contributed by atoms with Crippen LogP contribution in [0.5, 0.6) is 0 Å². The van der Waals surface area contributed by atoms with Crippen molar-refractivity contribution in [2.75, 3.05) is 13.1 Å². The highest BCUT2D eigenvalue weighted by molar-refractivity contribution is 9.10. The molecular formula is C17H20BrClN2O4. The molecule has 0 spiro atoms. The van der Waals surface area contributed by atoms with E-state index in [9.17, 15) is 0 Å². The number of nitrogens with one attached hydrogen (secondary N) is 1. The smallest absolute Gasteiger partial charge is 0.203 e. The molecule has 0 fully saturated rings. The maximum absolute atomic E-state index is 8.49. The molecule has 0 aliphatic carbocycles. The van der Waals surface area contributed by atoms with Gasteiger partial charge in [-0.15, -0.1) is 10.2 Å². The van der Waals surface area contributed by atoms with E-state index in [4.69, 9.17) is 18.6 Å². The van der Waals surface area contributed by atoms with Crippen LogP contribution in [0.25, 0.3) is 10.9 Å². The Hall–Kier alpha value is -0.960. The van der Waals surface area contributed by atoms with Crippen LogP contribution in [0.4, 0.5) is 0 Å². The van der Waals surface area contributed by atoms with Crippen LogP contribution in [0, 0.1) is 16.2 Å². The summed E-state index contributed by atoms with van der Waals surface area (Å²) in [5, 5.41) is 1.40. The second kappa shape index (κ2) is 7.34. The molecule has 1 aromatic heterocycles. The third-order valence-electron chi connectivity index (χ3n) is 4.96. The lowest BCUT2D eigenvalue weighted by Crippen LogP contribution is -2.68. The molecule has 1 aromatic carbocycles. The fourth-order valence-corrected chi connectivity index (χ4v) is 4.34. The number of fused-ring (bicyclic) bond motifs is 4. The number of aromatic nitrogens is 1. The highest BCUT2D eigenvalue weighted by Gasteiger charge is 2.36. The molecule has 3 heterocycles. The molecule has 4 rings (SSSR count). The Kier molecular flexibility index (Phi) is 5.53. The fourth-order valence-electron chi connectivity index (χ4n) is 3.98. The average molecular weight is 432 g/mol. The highest BCUT2D eigenvalue weighted by atomic mass is 79.9. The summed E-state index contributed by atoms with van der Waals surface area (Å²) >= 11 is 3.61. The summed E-state index contributed by atoms with van der Waals surface area (Å²) in [6, 6.07) is 6.60. The van der Waals surface area contributed by atoms with Crippen LogP contribution in [-0.4, -0.2) is 28.4 Å². The summed E-state index contributed by atoms with van der Waals surface area (Å²) in [6.45, 7) is 4.76. The first-order valence-corrected chi connectivity index (χ1v) is 10.3. The molecule has 25 heavy (non-hydrogen) atoms. The number of halogens is 2. The number of hydrogen-bond donors (Lipinski definition) is 1. The van der Waals surface area contributed by atoms with E-state index in [-0.39, 0.29) is 0 Å². The molecule has 2 aliphatic heterocycles. The molecule has 136 valence electrons. The van der Waals surface area contributed by atoms with Gasteiger partial charge in [0.15, 0.2) is 0 Å². The Bertz CT molecular complexity index is 807. The molecule has 2 aromatic rings. The van der Waals surface area contributed by atoms with Crippen molar-refractivity contribution in [3.63, 3.8) is 0 Å². The van der Waals surface area contributed by atoms with Crippen LogP contribution < -0.4 is 18.6 Å². The molecule has 8 heteroatoms. The van der Waals surface area contributed by atoms with Crippen LogP contribution in [0.2, 0.25) is 0 Å². The first kappa shape index (κ1) is 18.8. The number of rotatable bonds is 1. The van der Waals surface area contributed by atoms with E-state index in [1.165, 1.54) is 65.4 Å². The molecule has 2 aliphatic rings. The predicted octanol–water partition coefficient (Wildman–Crippen LogP) is -0.648. The molecule has 0 saturated heterocycles. The average Bonchev–Trinajstić information content (AvgIpc) is 2.90. The van der Waals surface area contributed by atoms with E-state index in [2.05, 4.69) is 50.6 Å². The highest BCUT2D eigenvalue weighted by Crippen LogP contribution is 2.33.